The SMILES string of the molecule is COc1ccc(C(C)(C)C)cc1C(O)C(C)(C)N. The maximum absolute atomic E-state index is 10.4. The topological polar surface area (TPSA) is 55.5 Å². The van der Waals surface area contributed by atoms with Gasteiger partial charge < -0.3 is 15.6 Å². The van der Waals surface area contributed by atoms with E-state index in [-0.39, 0.29) is 5.41 Å². The quantitative estimate of drug-likeness (QED) is 0.868. The number of benzene rings is 1. The van der Waals surface area contributed by atoms with Crippen molar-refractivity contribution in [1.29, 1.82) is 0 Å². The van der Waals surface area contributed by atoms with E-state index < -0.39 is 11.6 Å². The molecule has 0 saturated heterocycles. The second-order valence-electron chi connectivity index (χ2n) is 6.43. The largest absolute Gasteiger partial charge is 0.496 e. The van der Waals surface area contributed by atoms with Crippen LogP contribution in [0.1, 0.15) is 51.8 Å². The highest BCUT2D eigenvalue weighted by Gasteiger charge is 2.28. The summed E-state index contributed by atoms with van der Waals surface area (Å²) in [5.74, 6) is 0.675. The van der Waals surface area contributed by atoms with Crippen LogP contribution in [0.2, 0.25) is 0 Å². The van der Waals surface area contributed by atoms with Gasteiger partial charge in [0.2, 0.25) is 0 Å². The molecule has 0 aliphatic rings. The van der Waals surface area contributed by atoms with E-state index in [0.29, 0.717) is 5.75 Å². The van der Waals surface area contributed by atoms with Crippen LogP contribution in [0.4, 0.5) is 0 Å². The lowest BCUT2D eigenvalue weighted by atomic mass is 9.83. The average molecular weight is 251 g/mol. The van der Waals surface area contributed by atoms with Gasteiger partial charge in [-0.15, -0.1) is 0 Å². The van der Waals surface area contributed by atoms with Crippen LogP contribution in [0.25, 0.3) is 0 Å². The van der Waals surface area contributed by atoms with Crippen molar-refractivity contribution < 1.29 is 9.84 Å². The molecule has 1 unspecified atom stereocenters. The number of aliphatic hydroxyl groups is 1. The van der Waals surface area contributed by atoms with Gasteiger partial charge in [0.25, 0.3) is 0 Å². The molecule has 18 heavy (non-hydrogen) atoms. The fraction of sp³-hybridized carbons (Fsp3) is 0.600. The van der Waals surface area contributed by atoms with Crippen molar-refractivity contribution >= 4 is 0 Å². The average Bonchev–Trinajstić information content (AvgIpc) is 2.24. The molecule has 0 amide bonds. The van der Waals surface area contributed by atoms with Gasteiger partial charge in [-0.3, -0.25) is 0 Å². The lowest BCUT2D eigenvalue weighted by Crippen LogP contribution is -2.39. The van der Waals surface area contributed by atoms with E-state index >= 15 is 0 Å². The Morgan fingerprint density at radius 3 is 2.11 bits per heavy atom. The van der Waals surface area contributed by atoms with E-state index in [1.165, 1.54) is 0 Å². The fourth-order valence-corrected chi connectivity index (χ4v) is 1.82. The Morgan fingerprint density at radius 2 is 1.72 bits per heavy atom. The van der Waals surface area contributed by atoms with Gasteiger partial charge in [-0.25, -0.2) is 0 Å². The highest BCUT2D eigenvalue weighted by molar-refractivity contribution is 5.42. The standard InChI is InChI=1S/C15H25NO2/c1-14(2,3)10-7-8-12(18-6)11(9-10)13(17)15(4,5)16/h7-9,13,17H,16H2,1-6H3. The van der Waals surface area contributed by atoms with Crippen molar-refractivity contribution in [2.24, 2.45) is 5.73 Å². The molecule has 1 atom stereocenters. The van der Waals surface area contributed by atoms with Gasteiger partial charge in [0, 0.05) is 11.1 Å². The predicted molar refractivity (Wildman–Crippen MR) is 74.9 cm³/mol. The Hall–Kier alpha value is -1.06. The van der Waals surface area contributed by atoms with Crippen LogP contribution < -0.4 is 10.5 Å². The van der Waals surface area contributed by atoms with E-state index in [1.807, 2.05) is 18.2 Å². The normalized spacial score (nSPS) is 14.4. The highest BCUT2D eigenvalue weighted by atomic mass is 16.5. The van der Waals surface area contributed by atoms with Gasteiger partial charge in [0.15, 0.2) is 0 Å². The number of ether oxygens (including phenoxy) is 1. The summed E-state index contributed by atoms with van der Waals surface area (Å²) in [5, 5.41) is 10.4. The highest BCUT2D eigenvalue weighted by Crippen LogP contribution is 2.34. The summed E-state index contributed by atoms with van der Waals surface area (Å²) in [6.45, 7) is 10.0. The number of hydrogen-bond acceptors (Lipinski definition) is 3. The molecule has 3 N–H and O–H groups in total. The summed E-state index contributed by atoms with van der Waals surface area (Å²) < 4.78 is 5.31. The first-order valence-corrected chi connectivity index (χ1v) is 6.22. The molecule has 0 spiro atoms. The van der Waals surface area contributed by atoms with Crippen LogP contribution in [0.3, 0.4) is 0 Å². The van der Waals surface area contributed by atoms with Gasteiger partial charge in [-0.1, -0.05) is 26.8 Å². The number of rotatable bonds is 3. The van der Waals surface area contributed by atoms with Crippen LogP contribution in [0.15, 0.2) is 18.2 Å². The maximum Gasteiger partial charge on any atom is 0.124 e. The Kier molecular flexibility index (Phi) is 4.08. The van der Waals surface area contributed by atoms with Crippen LogP contribution in [0.5, 0.6) is 5.75 Å². The Labute approximate surface area is 110 Å². The van der Waals surface area contributed by atoms with Crippen LogP contribution in [-0.4, -0.2) is 17.8 Å². The van der Waals surface area contributed by atoms with Crippen molar-refractivity contribution in [3.05, 3.63) is 29.3 Å². The fourth-order valence-electron chi connectivity index (χ4n) is 1.82. The molecule has 0 fully saturated rings. The zero-order chi connectivity index (χ0) is 14.1. The van der Waals surface area contributed by atoms with Crippen LogP contribution in [-0.2, 0) is 5.41 Å². The summed E-state index contributed by atoms with van der Waals surface area (Å²) in [5.41, 5.74) is 7.21. The minimum absolute atomic E-state index is 0.0273. The third kappa shape index (κ3) is 3.24. The Balaban J connectivity index is 3.31. The van der Waals surface area contributed by atoms with Crippen LogP contribution >= 0.6 is 0 Å². The van der Waals surface area contributed by atoms with E-state index in [0.717, 1.165) is 11.1 Å². The molecule has 102 valence electrons. The van der Waals surface area contributed by atoms with E-state index in [9.17, 15) is 5.11 Å². The molecule has 0 aliphatic carbocycles. The molecule has 0 aromatic heterocycles. The van der Waals surface area contributed by atoms with Crippen molar-refractivity contribution in [3.63, 3.8) is 0 Å². The lowest BCUT2D eigenvalue weighted by molar-refractivity contribution is 0.101. The molecule has 3 heteroatoms. The summed E-state index contributed by atoms with van der Waals surface area (Å²) in [6.07, 6.45) is -0.755. The molecule has 0 aliphatic heterocycles. The third-order valence-corrected chi connectivity index (χ3v) is 3.10. The zero-order valence-electron chi connectivity index (χ0n) is 12.2. The number of aliphatic hydroxyl groups excluding tert-OH is 1. The van der Waals surface area contributed by atoms with Crippen molar-refractivity contribution in [2.45, 2.75) is 51.7 Å². The predicted octanol–water partition coefficient (Wildman–Crippen LogP) is 2.76. The second-order valence-corrected chi connectivity index (χ2v) is 6.43. The smallest absolute Gasteiger partial charge is 0.124 e. The molecular weight excluding hydrogens is 226 g/mol. The van der Waals surface area contributed by atoms with Gasteiger partial charge in [-0.05, 0) is 37.0 Å². The van der Waals surface area contributed by atoms with Gasteiger partial charge in [0.1, 0.15) is 5.75 Å². The molecule has 1 aromatic rings. The molecular formula is C15H25NO2. The molecule has 1 aromatic carbocycles. The third-order valence-electron chi connectivity index (χ3n) is 3.10. The van der Waals surface area contributed by atoms with Crippen LogP contribution in [0, 0.1) is 0 Å². The van der Waals surface area contributed by atoms with E-state index in [1.54, 1.807) is 21.0 Å². The van der Waals surface area contributed by atoms with Gasteiger partial charge in [-0.2, -0.15) is 0 Å². The summed E-state index contributed by atoms with van der Waals surface area (Å²) in [7, 11) is 1.60. The van der Waals surface area contributed by atoms with Crippen molar-refractivity contribution in [1.82, 2.24) is 0 Å². The Bertz CT molecular complexity index is 413. The molecule has 0 heterocycles. The van der Waals surface area contributed by atoms with Crippen molar-refractivity contribution in [2.75, 3.05) is 7.11 Å². The molecule has 3 nitrogen and oxygen atoms in total. The first kappa shape index (κ1) is 15.0. The summed E-state index contributed by atoms with van der Waals surface area (Å²) >= 11 is 0. The maximum atomic E-state index is 10.4. The second kappa shape index (κ2) is 4.90. The number of methoxy groups -OCH3 is 1. The molecule has 0 saturated carbocycles. The van der Waals surface area contributed by atoms with Gasteiger partial charge >= 0.3 is 0 Å². The zero-order valence-corrected chi connectivity index (χ0v) is 12.2. The van der Waals surface area contributed by atoms with Gasteiger partial charge in [0.05, 0.1) is 13.2 Å². The number of nitrogens with two attached hydrogens (primary N) is 1. The summed E-state index contributed by atoms with van der Waals surface area (Å²) in [4.78, 5) is 0. The van der Waals surface area contributed by atoms with Crippen molar-refractivity contribution in [3.8, 4) is 5.75 Å². The van der Waals surface area contributed by atoms with E-state index in [2.05, 4.69) is 20.8 Å². The first-order chi connectivity index (χ1) is 8.07. The molecule has 0 radical (unpaired) electrons. The minimum Gasteiger partial charge on any atom is -0.496 e. The monoisotopic (exact) mass is 251 g/mol. The summed E-state index contributed by atoms with van der Waals surface area (Å²) in [6, 6.07) is 5.90. The lowest BCUT2D eigenvalue weighted by Gasteiger charge is -2.29. The number of hydrogen-bond donors (Lipinski definition) is 2. The molecule has 0 bridgehead atoms. The minimum atomic E-state index is -0.755. The first-order valence-electron chi connectivity index (χ1n) is 6.22. The Morgan fingerprint density at radius 1 is 1.17 bits per heavy atom. The molecule has 1 rings (SSSR count). The van der Waals surface area contributed by atoms with E-state index in [4.69, 9.17) is 10.5 Å².